The predicted molar refractivity (Wildman–Crippen MR) is 57.9 cm³/mol. The van der Waals surface area contributed by atoms with Crippen molar-refractivity contribution in [1.82, 2.24) is 4.67 Å². The van der Waals surface area contributed by atoms with Crippen LogP contribution in [0.5, 0.6) is 0 Å². The van der Waals surface area contributed by atoms with Crippen LogP contribution in [0.15, 0.2) is 24.8 Å². The van der Waals surface area contributed by atoms with Gasteiger partial charge in [-0.2, -0.15) is 0 Å². The zero-order valence-electron chi connectivity index (χ0n) is 7.79. The van der Waals surface area contributed by atoms with Gasteiger partial charge < -0.3 is 0 Å². The third-order valence-corrected chi connectivity index (χ3v) is 3.03. The maximum absolute atomic E-state index is 4.09. The average molecular weight is 183 g/mol. The molecule has 0 N–H and O–H groups in total. The van der Waals surface area contributed by atoms with Crippen LogP contribution in [0.2, 0.25) is 0 Å². The van der Waals surface area contributed by atoms with Crippen molar-refractivity contribution >= 4 is 9.39 Å². The largest absolute Gasteiger partial charge is 0.283 e. The van der Waals surface area contributed by atoms with E-state index in [0.29, 0.717) is 11.8 Å². The molecule has 68 valence electrons. The van der Waals surface area contributed by atoms with E-state index in [1.807, 2.05) is 6.08 Å². The quantitative estimate of drug-likeness (QED) is 0.469. The van der Waals surface area contributed by atoms with E-state index in [0.717, 1.165) is 13.1 Å². The monoisotopic (exact) mass is 183 g/mol. The second kappa shape index (κ2) is 4.20. The lowest BCUT2D eigenvalue weighted by Crippen LogP contribution is -2.35. The number of allylic oxidation sites excluding steroid dienone is 1. The van der Waals surface area contributed by atoms with Crippen LogP contribution >= 0.6 is 9.39 Å². The Morgan fingerprint density at radius 1 is 1.75 bits per heavy atom. The Morgan fingerprint density at radius 3 is 2.92 bits per heavy atom. The highest BCUT2D eigenvalue weighted by atomic mass is 31.0. The number of nitrogens with zero attached hydrogens (tertiary/aromatic N) is 1. The smallest absolute Gasteiger partial charge is 0.0230 e. The molecular weight excluding hydrogens is 165 g/mol. The summed E-state index contributed by atoms with van der Waals surface area (Å²) in [5.41, 5.74) is 1.30. The van der Waals surface area contributed by atoms with Crippen molar-refractivity contribution < 1.29 is 0 Å². The zero-order chi connectivity index (χ0) is 9.14. The molecule has 0 radical (unpaired) electrons. The van der Waals surface area contributed by atoms with E-state index < -0.39 is 0 Å². The fourth-order valence-electron chi connectivity index (χ4n) is 1.92. The molecule has 1 aliphatic heterocycles. The van der Waals surface area contributed by atoms with E-state index in [-0.39, 0.29) is 0 Å². The molecule has 1 rings (SSSR count). The van der Waals surface area contributed by atoms with Gasteiger partial charge in [0.15, 0.2) is 0 Å². The third-order valence-electron chi connectivity index (χ3n) is 2.63. The summed E-state index contributed by atoms with van der Waals surface area (Å²) in [6.45, 7) is 12.3. The molecule has 0 bridgehead atoms. The van der Waals surface area contributed by atoms with E-state index in [9.17, 15) is 0 Å². The van der Waals surface area contributed by atoms with Gasteiger partial charge in [-0.15, -0.1) is 6.58 Å². The van der Waals surface area contributed by atoms with Crippen LogP contribution in [0.4, 0.5) is 0 Å². The van der Waals surface area contributed by atoms with Crippen molar-refractivity contribution in [2.45, 2.75) is 13.3 Å². The van der Waals surface area contributed by atoms with Crippen molar-refractivity contribution in [2.75, 3.05) is 13.1 Å². The summed E-state index contributed by atoms with van der Waals surface area (Å²) in [6.07, 6.45) is 3.26. The third kappa shape index (κ3) is 1.97. The normalized spacial score (nSPS) is 32.0. The Kier molecular flexibility index (Phi) is 3.49. The maximum Gasteiger partial charge on any atom is 0.0230 e. The SMILES string of the molecule is C=CC1C(=C)CN(P)CC1CC. The fraction of sp³-hybridized carbons (Fsp3) is 0.600. The first-order valence-electron chi connectivity index (χ1n) is 4.48. The second-order valence-electron chi connectivity index (χ2n) is 3.52. The van der Waals surface area contributed by atoms with Gasteiger partial charge in [0.05, 0.1) is 0 Å². The van der Waals surface area contributed by atoms with Crippen molar-refractivity contribution in [3.8, 4) is 0 Å². The molecule has 2 heteroatoms. The highest BCUT2D eigenvalue weighted by Crippen LogP contribution is 2.31. The first-order chi connectivity index (χ1) is 5.69. The predicted octanol–water partition coefficient (Wildman–Crippen LogP) is 2.48. The number of rotatable bonds is 2. The molecule has 1 fully saturated rings. The molecular formula is C10H18NP. The summed E-state index contributed by atoms with van der Waals surface area (Å²) in [7, 11) is 2.76. The zero-order valence-corrected chi connectivity index (χ0v) is 8.95. The molecule has 1 nitrogen and oxygen atoms in total. The van der Waals surface area contributed by atoms with Crippen LogP contribution in [0, 0.1) is 11.8 Å². The van der Waals surface area contributed by atoms with Crippen molar-refractivity contribution in [2.24, 2.45) is 11.8 Å². The number of hydrogen-bond acceptors (Lipinski definition) is 1. The molecule has 3 unspecified atom stereocenters. The van der Waals surface area contributed by atoms with Gasteiger partial charge in [0.25, 0.3) is 0 Å². The lowest BCUT2D eigenvalue weighted by molar-refractivity contribution is 0.282. The fourth-order valence-corrected chi connectivity index (χ4v) is 2.43. The van der Waals surface area contributed by atoms with E-state index >= 15 is 0 Å². The van der Waals surface area contributed by atoms with E-state index in [1.165, 1.54) is 12.0 Å². The first kappa shape index (κ1) is 9.95. The summed E-state index contributed by atoms with van der Waals surface area (Å²) < 4.78 is 2.26. The van der Waals surface area contributed by atoms with Crippen LogP contribution < -0.4 is 0 Å². The average Bonchev–Trinajstić information content (AvgIpc) is 2.03. The lowest BCUT2D eigenvalue weighted by Gasteiger charge is -2.36. The van der Waals surface area contributed by atoms with Gasteiger partial charge in [0.2, 0.25) is 0 Å². The van der Waals surface area contributed by atoms with Crippen LogP contribution in [-0.4, -0.2) is 17.8 Å². The molecule has 0 aromatic rings. The van der Waals surface area contributed by atoms with Gasteiger partial charge in [-0.05, 0) is 5.92 Å². The molecule has 0 aromatic heterocycles. The van der Waals surface area contributed by atoms with Gasteiger partial charge in [-0.25, -0.2) is 0 Å². The standard InChI is InChI=1S/C10H18NP/c1-4-9-7-11(12)6-8(3)10(9)5-2/h5,9-10H,2-4,6-7,12H2,1H3. The topological polar surface area (TPSA) is 3.24 Å². The van der Waals surface area contributed by atoms with Gasteiger partial charge in [-0.1, -0.05) is 41.0 Å². The van der Waals surface area contributed by atoms with Gasteiger partial charge in [0.1, 0.15) is 0 Å². The van der Waals surface area contributed by atoms with Crippen molar-refractivity contribution in [1.29, 1.82) is 0 Å². The second-order valence-corrected chi connectivity index (χ2v) is 4.25. The summed E-state index contributed by atoms with van der Waals surface area (Å²) in [6, 6.07) is 0. The molecule has 3 atom stereocenters. The highest BCUT2D eigenvalue weighted by molar-refractivity contribution is 7.13. The van der Waals surface area contributed by atoms with Crippen molar-refractivity contribution in [3.63, 3.8) is 0 Å². The Labute approximate surface area is 77.8 Å². The molecule has 0 aliphatic carbocycles. The summed E-state index contributed by atoms with van der Waals surface area (Å²) in [5, 5.41) is 0. The Hall–Kier alpha value is -0.130. The van der Waals surface area contributed by atoms with Crippen LogP contribution in [0.1, 0.15) is 13.3 Å². The molecule has 0 aromatic carbocycles. The maximum atomic E-state index is 4.09. The van der Waals surface area contributed by atoms with Crippen molar-refractivity contribution in [3.05, 3.63) is 24.8 Å². The molecule has 0 amide bonds. The molecule has 1 aliphatic rings. The Morgan fingerprint density at radius 2 is 2.42 bits per heavy atom. The highest BCUT2D eigenvalue weighted by Gasteiger charge is 2.26. The molecule has 12 heavy (non-hydrogen) atoms. The van der Waals surface area contributed by atoms with Crippen LogP contribution in [0.3, 0.4) is 0 Å². The van der Waals surface area contributed by atoms with E-state index in [4.69, 9.17) is 0 Å². The number of hydrogen-bond donors (Lipinski definition) is 0. The Bertz CT molecular complexity index is 188. The van der Waals surface area contributed by atoms with Crippen LogP contribution in [0.25, 0.3) is 0 Å². The molecule has 0 saturated carbocycles. The van der Waals surface area contributed by atoms with Gasteiger partial charge >= 0.3 is 0 Å². The first-order valence-corrected chi connectivity index (χ1v) is 5.00. The molecule has 1 heterocycles. The van der Waals surface area contributed by atoms with Gasteiger partial charge in [0, 0.05) is 19.0 Å². The molecule has 0 spiro atoms. The summed E-state index contributed by atoms with van der Waals surface area (Å²) in [4.78, 5) is 0. The van der Waals surface area contributed by atoms with Gasteiger partial charge in [-0.3, -0.25) is 4.67 Å². The summed E-state index contributed by atoms with van der Waals surface area (Å²) >= 11 is 0. The van der Waals surface area contributed by atoms with E-state index in [2.05, 4.69) is 34.1 Å². The minimum absolute atomic E-state index is 0.534. The van der Waals surface area contributed by atoms with Crippen LogP contribution in [-0.2, 0) is 0 Å². The molecule has 1 saturated heterocycles. The minimum atomic E-state index is 0.534. The van der Waals surface area contributed by atoms with E-state index in [1.54, 1.807) is 0 Å². The number of piperidine rings is 1. The Balaban J connectivity index is 2.69. The lowest BCUT2D eigenvalue weighted by atomic mass is 9.82. The summed E-state index contributed by atoms with van der Waals surface area (Å²) in [5.74, 6) is 1.24. The minimum Gasteiger partial charge on any atom is -0.283 e.